The van der Waals surface area contributed by atoms with Gasteiger partial charge in [0.25, 0.3) is 0 Å². The van der Waals surface area contributed by atoms with Crippen molar-refractivity contribution in [2.45, 2.75) is 49.7 Å². The van der Waals surface area contributed by atoms with Gasteiger partial charge in [0.05, 0.1) is 12.9 Å². The summed E-state index contributed by atoms with van der Waals surface area (Å²) in [6, 6.07) is 6.24. The molecule has 1 fully saturated rings. The molecule has 1 aliphatic heterocycles. The summed E-state index contributed by atoms with van der Waals surface area (Å²) < 4.78 is 7.91. The van der Waals surface area contributed by atoms with E-state index in [0.29, 0.717) is 17.6 Å². The second-order valence-corrected chi connectivity index (χ2v) is 7.87. The van der Waals surface area contributed by atoms with Crippen molar-refractivity contribution in [1.29, 1.82) is 0 Å². The van der Waals surface area contributed by atoms with Gasteiger partial charge in [-0.1, -0.05) is 23.8 Å². The molecule has 5 N–H and O–H groups in total. The number of nitrogens with two attached hydrogens (primary N) is 1. The molecule has 29 heavy (non-hydrogen) atoms. The van der Waals surface area contributed by atoms with E-state index < -0.39 is 30.6 Å². The molecule has 3 aromatic rings. The van der Waals surface area contributed by atoms with E-state index in [1.807, 2.05) is 6.92 Å². The first-order chi connectivity index (χ1) is 14.0. The van der Waals surface area contributed by atoms with Crippen LogP contribution in [0.15, 0.2) is 30.9 Å². The maximum atomic E-state index is 11.3. The molecule has 1 aliphatic carbocycles. The highest BCUT2D eigenvalue weighted by atomic mass is 16.6. The molecule has 0 amide bonds. The predicted molar refractivity (Wildman–Crippen MR) is 104 cm³/mol. The number of aliphatic hydroxyl groups excluding tert-OH is 3. The largest absolute Gasteiger partial charge is 0.394 e. The third-order valence-electron chi connectivity index (χ3n) is 6.26. The number of imidazole rings is 1. The zero-order chi connectivity index (χ0) is 20.3. The number of hydrogen-bond acceptors (Lipinski definition) is 8. The van der Waals surface area contributed by atoms with E-state index >= 15 is 0 Å². The number of aryl methyl sites for hydroxylation is 2. The van der Waals surface area contributed by atoms with Gasteiger partial charge >= 0.3 is 0 Å². The fourth-order valence-electron chi connectivity index (χ4n) is 4.89. The molecule has 0 bridgehead atoms. The Hall–Kier alpha value is -2.59. The summed E-state index contributed by atoms with van der Waals surface area (Å²) in [5.74, 6) is -0.0505. The summed E-state index contributed by atoms with van der Waals surface area (Å²) in [4.78, 5) is 12.6. The minimum absolute atomic E-state index is 0.221. The van der Waals surface area contributed by atoms with Gasteiger partial charge in [-0.25, -0.2) is 15.0 Å². The average molecular weight is 397 g/mol. The summed E-state index contributed by atoms with van der Waals surface area (Å²) in [5, 5.41) is 31.7. The van der Waals surface area contributed by atoms with Crippen LogP contribution in [0.5, 0.6) is 0 Å². The van der Waals surface area contributed by atoms with Gasteiger partial charge in [0.1, 0.15) is 30.2 Å². The molecule has 152 valence electrons. The van der Waals surface area contributed by atoms with Crippen molar-refractivity contribution >= 4 is 17.0 Å². The smallest absolute Gasteiger partial charge is 0.183 e. The molecule has 2 aliphatic rings. The topological polar surface area (TPSA) is 140 Å². The van der Waals surface area contributed by atoms with E-state index in [1.54, 1.807) is 4.57 Å². The lowest BCUT2D eigenvalue weighted by atomic mass is 9.84. The van der Waals surface area contributed by atoms with Crippen LogP contribution in [0, 0.1) is 6.92 Å². The fraction of sp³-hybridized carbons (Fsp3) is 0.450. The highest BCUT2D eigenvalue weighted by Crippen LogP contribution is 2.52. The first kappa shape index (κ1) is 18.4. The lowest BCUT2D eigenvalue weighted by Gasteiger charge is -2.39. The Bertz CT molecular complexity index is 1090. The van der Waals surface area contributed by atoms with Crippen LogP contribution < -0.4 is 5.73 Å². The first-order valence-corrected chi connectivity index (χ1v) is 9.65. The highest BCUT2D eigenvalue weighted by molar-refractivity contribution is 5.81. The summed E-state index contributed by atoms with van der Waals surface area (Å²) >= 11 is 0. The Morgan fingerprint density at radius 2 is 2.10 bits per heavy atom. The van der Waals surface area contributed by atoms with Crippen LogP contribution in [-0.4, -0.2) is 59.8 Å². The molecule has 2 aromatic heterocycles. The van der Waals surface area contributed by atoms with E-state index in [4.69, 9.17) is 10.5 Å². The van der Waals surface area contributed by atoms with Crippen molar-refractivity contribution in [1.82, 2.24) is 19.5 Å². The van der Waals surface area contributed by atoms with Crippen molar-refractivity contribution < 1.29 is 20.1 Å². The third-order valence-corrected chi connectivity index (χ3v) is 6.26. The van der Waals surface area contributed by atoms with Gasteiger partial charge in [-0.15, -0.1) is 0 Å². The molecule has 3 heterocycles. The number of ether oxygens (including phenoxy) is 1. The van der Waals surface area contributed by atoms with Gasteiger partial charge in [0, 0.05) is 5.92 Å². The maximum absolute atomic E-state index is 11.3. The Balaban J connectivity index is 1.77. The Morgan fingerprint density at radius 3 is 2.86 bits per heavy atom. The van der Waals surface area contributed by atoms with Crippen LogP contribution in [0.25, 0.3) is 11.2 Å². The van der Waals surface area contributed by atoms with Crippen LogP contribution >= 0.6 is 0 Å². The summed E-state index contributed by atoms with van der Waals surface area (Å²) in [6.07, 6.45) is 0.880. The lowest BCUT2D eigenvalue weighted by Crippen LogP contribution is -2.49. The number of nitrogens with zero attached hydrogens (tertiary/aromatic N) is 4. The number of rotatable bonds is 3. The van der Waals surface area contributed by atoms with Crippen LogP contribution in [0.3, 0.4) is 0 Å². The standard InChI is InChI=1S/C20H23N5O4/c1-10-2-3-11-4-5-13(12(11)6-10)20(17(28)16(27)14(7-26)29-20)25-9-24-15-18(21)22-8-23-19(15)25/h2-3,6,8-9,13-14,16-17,26-28H,4-5,7H2,1H3,(H2,21,22,23)/t13?,14-,16-,17-,20-/m1/s1. The number of anilines is 1. The molecule has 0 spiro atoms. The molecular formula is C20H23N5O4. The molecule has 1 unspecified atom stereocenters. The summed E-state index contributed by atoms with van der Waals surface area (Å²) in [6.45, 7) is 1.59. The van der Waals surface area contributed by atoms with Gasteiger partial charge in [-0.2, -0.15) is 0 Å². The highest BCUT2D eigenvalue weighted by Gasteiger charge is 2.61. The van der Waals surface area contributed by atoms with Gasteiger partial charge in [0.15, 0.2) is 17.2 Å². The third kappa shape index (κ3) is 2.45. The van der Waals surface area contributed by atoms with Crippen LogP contribution in [0.2, 0.25) is 0 Å². The molecule has 1 saturated heterocycles. The second kappa shape index (κ2) is 6.46. The second-order valence-electron chi connectivity index (χ2n) is 7.87. The Morgan fingerprint density at radius 1 is 1.28 bits per heavy atom. The predicted octanol–water partition coefficient (Wildman–Crippen LogP) is 0.213. The van der Waals surface area contributed by atoms with Crippen molar-refractivity contribution in [2.75, 3.05) is 12.3 Å². The maximum Gasteiger partial charge on any atom is 0.183 e. The number of aromatic nitrogens is 4. The van der Waals surface area contributed by atoms with E-state index in [1.165, 1.54) is 18.2 Å². The van der Waals surface area contributed by atoms with Crippen LogP contribution in [-0.2, 0) is 16.9 Å². The number of benzene rings is 1. The van der Waals surface area contributed by atoms with Crippen molar-refractivity contribution in [3.63, 3.8) is 0 Å². The van der Waals surface area contributed by atoms with Crippen molar-refractivity contribution in [3.05, 3.63) is 47.5 Å². The van der Waals surface area contributed by atoms with E-state index in [0.717, 1.165) is 17.5 Å². The van der Waals surface area contributed by atoms with Crippen LogP contribution in [0.4, 0.5) is 5.82 Å². The molecule has 5 rings (SSSR count). The number of hydrogen-bond donors (Lipinski definition) is 4. The summed E-state index contributed by atoms with van der Waals surface area (Å²) in [7, 11) is 0. The van der Waals surface area contributed by atoms with E-state index in [2.05, 4.69) is 33.2 Å². The minimum Gasteiger partial charge on any atom is -0.394 e. The zero-order valence-corrected chi connectivity index (χ0v) is 15.9. The van der Waals surface area contributed by atoms with Gasteiger partial charge < -0.3 is 25.8 Å². The van der Waals surface area contributed by atoms with Crippen LogP contribution in [0.1, 0.15) is 29.0 Å². The minimum atomic E-state index is -1.39. The molecule has 9 heteroatoms. The normalized spacial score (nSPS) is 31.4. The SMILES string of the molecule is Cc1ccc2c(c1)C([C@@]1(n3cnc4c(N)ncnc43)O[C@H](CO)[C@@H](O)[C@H]1O)CC2. The molecule has 1 aromatic carbocycles. The quantitative estimate of drug-likeness (QED) is 0.492. The van der Waals surface area contributed by atoms with Gasteiger partial charge in [-0.05, 0) is 30.9 Å². The zero-order valence-electron chi connectivity index (χ0n) is 15.9. The average Bonchev–Trinajstić information content (AvgIpc) is 3.39. The van der Waals surface area contributed by atoms with Gasteiger partial charge in [0.2, 0.25) is 0 Å². The molecular weight excluding hydrogens is 374 g/mol. The molecule has 0 saturated carbocycles. The first-order valence-electron chi connectivity index (χ1n) is 9.65. The summed E-state index contributed by atoms with van der Waals surface area (Å²) in [5.41, 5.74) is 8.70. The number of nitrogen functional groups attached to an aromatic ring is 1. The Labute approximate surface area is 166 Å². The van der Waals surface area contributed by atoms with E-state index in [9.17, 15) is 15.3 Å². The molecule has 5 atom stereocenters. The Kier molecular flexibility index (Phi) is 4.11. The van der Waals surface area contributed by atoms with Gasteiger partial charge in [-0.3, -0.25) is 4.57 Å². The van der Waals surface area contributed by atoms with E-state index in [-0.39, 0.29) is 11.7 Å². The molecule has 9 nitrogen and oxygen atoms in total. The lowest BCUT2D eigenvalue weighted by molar-refractivity contribution is -0.162. The molecule has 0 radical (unpaired) electrons. The monoisotopic (exact) mass is 397 g/mol. The number of fused-ring (bicyclic) bond motifs is 2. The number of aliphatic hydroxyl groups is 3. The fourth-order valence-corrected chi connectivity index (χ4v) is 4.89. The van der Waals surface area contributed by atoms with Crippen molar-refractivity contribution in [2.24, 2.45) is 0 Å². The van der Waals surface area contributed by atoms with Crippen molar-refractivity contribution in [3.8, 4) is 0 Å².